The Morgan fingerprint density at radius 1 is 0.885 bits per heavy atom. The van der Waals surface area contributed by atoms with E-state index in [0.717, 1.165) is 0 Å². The molecule has 0 aliphatic rings. The Balaban J connectivity index is 3.16. The van der Waals surface area contributed by atoms with Gasteiger partial charge >= 0.3 is 6.09 Å². The lowest BCUT2D eigenvalue weighted by atomic mass is 10.2. The molecule has 0 radical (unpaired) electrons. The van der Waals surface area contributed by atoms with Crippen molar-refractivity contribution in [2.24, 2.45) is 5.11 Å². The molecule has 0 atom stereocenters. The molecule has 0 spiro atoms. The minimum atomic E-state index is -0.637. The average molecular weight is 378 g/mol. The second-order valence-corrected chi connectivity index (χ2v) is 5.86. The lowest BCUT2D eigenvalue weighted by molar-refractivity contribution is -0.0366. The first kappa shape index (κ1) is 24.4. The standard InChI is InChI=1S/C15H30N4O7/c1-15(2,3)26-14(20)18-25-13-12-24-11-10-23-9-8-22-7-6-21-5-4-17-19-16/h4-13H2,1-3H3,(H,18,20). The summed E-state index contributed by atoms with van der Waals surface area (Å²) in [6, 6.07) is 0. The summed E-state index contributed by atoms with van der Waals surface area (Å²) >= 11 is 0. The van der Waals surface area contributed by atoms with Crippen molar-refractivity contribution in [2.75, 3.05) is 66.0 Å². The number of hydroxylamine groups is 1. The van der Waals surface area contributed by atoms with E-state index in [-0.39, 0.29) is 6.61 Å². The zero-order valence-corrected chi connectivity index (χ0v) is 15.8. The molecule has 0 fully saturated rings. The maximum absolute atomic E-state index is 11.3. The number of amides is 1. The van der Waals surface area contributed by atoms with Crippen LogP contribution in [0, 0.1) is 0 Å². The van der Waals surface area contributed by atoms with E-state index in [4.69, 9.17) is 34.1 Å². The smallest absolute Gasteiger partial charge is 0.431 e. The second kappa shape index (κ2) is 16.8. The fourth-order valence-electron chi connectivity index (χ4n) is 1.42. The van der Waals surface area contributed by atoms with Crippen LogP contribution in [0.3, 0.4) is 0 Å². The van der Waals surface area contributed by atoms with E-state index in [1.807, 2.05) is 0 Å². The summed E-state index contributed by atoms with van der Waals surface area (Å²) in [4.78, 5) is 18.8. The van der Waals surface area contributed by atoms with Gasteiger partial charge in [-0.05, 0) is 26.3 Å². The molecule has 0 bridgehead atoms. The molecule has 26 heavy (non-hydrogen) atoms. The van der Waals surface area contributed by atoms with Crippen LogP contribution >= 0.6 is 0 Å². The summed E-state index contributed by atoms with van der Waals surface area (Å²) in [7, 11) is 0. The Bertz CT molecular complexity index is 398. The van der Waals surface area contributed by atoms with Gasteiger partial charge in [0, 0.05) is 11.5 Å². The largest absolute Gasteiger partial charge is 0.442 e. The van der Waals surface area contributed by atoms with Gasteiger partial charge in [-0.2, -0.15) is 5.48 Å². The van der Waals surface area contributed by atoms with Crippen molar-refractivity contribution in [1.29, 1.82) is 0 Å². The normalized spacial score (nSPS) is 11.0. The molecular weight excluding hydrogens is 348 g/mol. The molecule has 11 nitrogen and oxygen atoms in total. The Hall–Kier alpha value is -1.62. The van der Waals surface area contributed by atoms with Crippen molar-refractivity contribution in [3.8, 4) is 0 Å². The molecule has 11 heteroatoms. The first-order valence-electron chi connectivity index (χ1n) is 8.38. The molecule has 0 aliphatic carbocycles. The Morgan fingerprint density at radius 3 is 1.81 bits per heavy atom. The maximum Gasteiger partial charge on any atom is 0.431 e. The fourth-order valence-corrected chi connectivity index (χ4v) is 1.42. The molecule has 152 valence electrons. The molecular formula is C15H30N4O7. The van der Waals surface area contributed by atoms with Crippen molar-refractivity contribution in [3.63, 3.8) is 0 Å². The molecule has 0 aliphatic heterocycles. The van der Waals surface area contributed by atoms with E-state index < -0.39 is 11.7 Å². The molecule has 0 aromatic rings. The predicted molar refractivity (Wildman–Crippen MR) is 92.6 cm³/mol. The van der Waals surface area contributed by atoms with E-state index in [1.165, 1.54) is 0 Å². The first-order valence-corrected chi connectivity index (χ1v) is 8.38. The lowest BCUT2D eigenvalue weighted by Gasteiger charge is -2.19. The Kier molecular flexibility index (Phi) is 15.8. The van der Waals surface area contributed by atoms with Crippen LogP contribution in [0.4, 0.5) is 4.79 Å². The van der Waals surface area contributed by atoms with Gasteiger partial charge in [0.15, 0.2) is 0 Å². The molecule has 1 N–H and O–H groups in total. The number of azide groups is 1. The van der Waals surface area contributed by atoms with E-state index in [0.29, 0.717) is 59.4 Å². The molecule has 0 heterocycles. The Labute approximate surface area is 153 Å². The third-order valence-corrected chi connectivity index (χ3v) is 2.40. The summed E-state index contributed by atoms with van der Waals surface area (Å²) in [5.74, 6) is 0. The third-order valence-electron chi connectivity index (χ3n) is 2.40. The van der Waals surface area contributed by atoms with Crippen LogP contribution in [0.2, 0.25) is 0 Å². The van der Waals surface area contributed by atoms with Crippen LogP contribution in [-0.4, -0.2) is 77.7 Å². The highest BCUT2D eigenvalue weighted by Crippen LogP contribution is 2.06. The predicted octanol–water partition coefficient (Wildman–Crippen LogP) is 1.82. The van der Waals surface area contributed by atoms with E-state index in [9.17, 15) is 4.79 Å². The number of carbonyl (C=O) groups is 1. The zero-order chi connectivity index (χ0) is 19.5. The van der Waals surface area contributed by atoms with Crippen molar-refractivity contribution >= 4 is 6.09 Å². The highest BCUT2D eigenvalue weighted by Gasteiger charge is 2.15. The van der Waals surface area contributed by atoms with Crippen molar-refractivity contribution < 1.29 is 33.3 Å². The SMILES string of the molecule is CC(C)(C)OC(=O)NOCCOCCOCCOCCOCCN=[N+]=[N-]. The van der Waals surface area contributed by atoms with Gasteiger partial charge in [0.2, 0.25) is 0 Å². The Morgan fingerprint density at radius 2 is 1.35 bits per heavy atom. The highest BCUT2D eigenvalue weighted by molar-refractivity contribution is 5.66. The summed E-state index contributed by atoms with van der Waals surface area (Å²) in [5, 5.41) is 3.34. The van der Waals surface area contributed by atoms with Crippen LogP contribution < -0.4 is 5.48 Å². The molecule has 0 saturated heterocycles. The number of ether oxygens (including phenoxy) is 5. The number of nitrogens with zero attached hydrogens (tertiary/aromatic N) is 3. The monoisotopic (exact) mass is 378 g/mol. The summed E-state index contributed by atoms with van der Waals surface area (Å²) in [6.45, 7) is 9.21. The number of hydrogen-bond acceptors (Lipinski definition) is 8. The molecule has 1 amide bonds. The highest BCUT2D eigenvalue weighted by atomic mass is 16.7. The number of nitrogens with one attached hydrogen (secondary N) is 1. The van der Waals surface area contributed by atoms with Crippen LogP contribution in [0.25, 0.3) is 10.4 Å². The fraction of sp³-hybridized carbons (Fsp3) is 0.933. The van der Waals surface area contributed by atoms with Crippen LogP contribution in [0.1, 0.15) is 20.8 Å². The van der Waals surface area contributed by atoms with E-state index in [1.54, 1.807) is 20.8 Å². The third kappa shape index (κ3) is 20.4. The van der Waals surface area contributed by atoms with Gasteiger partial charge in [0.05, 0.1) is 59.5 Å². The van der Waals surface area contributed by atoms with Gasteiger partial charge in [-0.3, -0.25) is 4.84 Å². The molecule has 0 unspecified atom stereocenters. The van der Waals surface area contributed by atoms with Crippen molar-refractivity contribution in [1.82, 2.24) is 5.48 Å². The van der Waals surface area contributed by atoms with Gasteiger partial charge in [0.25, 0.3) is 0 Å². The average Bonchev–Trinajstić information content (AvgIpc) is 2.56. The van der Waals surface area contributed by atoms with Crippen molar-refractivity contribution in [3.05, 3.63) is 10.4 Å². The van der Waals surface area contributed by atoms with Crippen LogP contribution in [0.15, 0.2) is 5.11 Å². The maximum atomic E-state index is 11.3. The molecule has 0 rings (SSSR count). The minimum Gasteiger partial charge on any atom is -0.442 e. The van der Waals surface area contributed by atoms with E-state index in [2.05, 4.69) is 15.5 Å². The van der Waals surface area contributed by atoms with Gasteiger partial charge in [-0.1, -0.05) is 5.11 Å². The van der Waals surface area contributed by atoms with Gasteiger partial charge in [0.1, 0.15) is 5.60 Å². The second-order valence-electron chi connectivity index (χ2n) is 5.86. The topological polar surface area (TPSA) is 133 Å². The lowest BCUT2D eigenvalue weighted by Crippen LogP contribution is -2.33. The first-order chi connectivity index (χ1) is 12.5. The molecule has 0 aromatic heterocycles. The van der Waals surface area contributed by atoms with Crippen LogP contribution in [-0.2, 0) is 28.5 Å². The van der Waals surface area contributed by atoms with Gasteiger partial charge < -0.3 is 23.7 Å². The number of carbonyl (C=O) groups excluding carboxylic acids is 1. The van der Waals surface area contributed by atoms with Crippen LogP contribution in [0.5, 0.6) is 0 Å². The number of hydrogen-bond donors (Lipinski definition) is 1. The molecule has 0 saturated carbocycles. The summed E-state index contributed by atoms with van der Waals surface area (Å²) in [5.41, 5.74) is 9.67. The van der Waals surface area contributed by atoms with E-state index >= 15 is 0 Å². The zero-order valence-electron chi connectivity index (χ0n) is 15.8. The minimum absolute atomic E-state index is 0.210. The summed E-state index contributed by atoms with van der Waals surface area (Å²) < 4.78 is 26.0. The number of rotatable bonds is 16. The van der Waals surface area contributed by atoms with Crippen molar-refractivity contribution in [2.45, 2.75) is 26.4 Å². The molecule has 0 aromatic carbocycles. The van der Waals surface area contributed by atoms with Gasteiger partial charge in [-0.15, -0.1) is 0 Å². The van der Waals surface area contributed by atoms with Gasteiger partial charge in [-0.25, -0.2) is 4.79 Å². The summed E-state index contributed by atoms with van der Waals surface area (Å²) in [6.07, 6.45) is -0.637. The quantitative estimate of drug-likeness (QED) is 0.142.